The Bertz CT molecular complexity index is 1450. The van der Waals surface area contributed by atoms with E-state index in [1.54, 1.807) is 0 Å². The van der Waals surface area contributed by atoms with E-state index in [0.29, 0.717) is 44.9 Å². The lowest BCUT2D eigenvalue weighted by Crippen LogP contribution is -2.65. The number of aliphatic hydroxyl groups excluding tert-OH is 11. The van der Waals surface area contributed by atoms with Gasteiger partial charge >= 0.3 is 5.97 Å². The maximum Gasteiger partial charge on any atom is 0.314 e. The molecule has 56 heavy (non-hydrogen) atoms. The van der Waals surface area contributed by atoms with Gasteiger partial charge in [0.2, 0.25) is 6.29 Å². The van der Waals surface area contributed by atoms with Crippen LogP contribution in [0.2, 0.25) is 0 Å². The van der Waals surface area contributed by atoms with Crippen molar-refractivity contribution in [2.75, 3.05) is 19.8 Å². The molecule has 0 aromatic heterocycles. The molecule has 11 N–H and O–H groups in total. The summed E-state index contributed by atoms with van der Waals surface area (Å²) in [7, 11) is 0. The van der Waals surface area contributed by atoms with E-state index in [0.717, 1.165) is 18.4 Å². The van der Waals surface area contributed by atoms with Crippen LogP contribution in [-0.4, -0.2) is 180 Å². The molecule has 0 aromatic rings. The average molecular weight is 805 g/mol. The van der Waals surface area contributed by atoms with Gasteiger partial charge in [-0.05, 0) is 86.5 Å². The zero-order chi connectivity index (χ0) is 40.7. The van der Waals surface area contributed by atoms with Crippen molar-refractivity contribution in [3.05, 3.63) is 12.2 Å². The standard InChI is InChI=1S/C38H60O18/c1-16-11-37-9-5-20-35(2,7-4-8-36(20,3)34(50)55-32-29(49)26(46)23(43)18(13-40)52-32)21(37)6-10-38(16,15-37)56-33-30(27(47)24(44)19(14-41)53-33)54-31-28(48)25(45)22(42)17(12-39)51-31/h17-33,39-49H,1,4-15H2,2-3H3/t17-,18+,19-,20-,21+,22+,23+,24-,25+,26-,27+,28+,29+,30+,31+,32-,33+,35-,36-,37-,38+/m1/s1. The number of hydrogen-bond acceptors (Lipinski definition) is 18. The molecule has 0 radical (unpaired) electrons. The number of carbonyl (C=O) groups is 1. The van der Waals surface area contributed by atoms with Crippen LogP contribution in [-0.2, 0) is 33.2 Å². The van der Waals surface area contributed by atoms with E-state index in [1.165, 1.54) is 0 Å². The quantitative estimate of drug-likeness (QED) is 0.0631. The summed E-state index contributed by atoms with van der Waals surface area (Å²) in [6, 6.07) is 0. The Kier molecular flexibility index (Phi) is 11.9. The second kappa shape index (κ2) is 15.6. The minimum Gasteiger partial charge on any atom is -0.432 e. The molecule has 18 heteroatoms. The Balaban J connectivity index is 1.10. The van der Waals surface area contributed by atoms with Gasteiger partial charge in [0.15, 0.2) is 12.6 Å². The lowest BCUT2D eigenvalue weighted by atomic mass is 9.41. The van der Waals surface area contributed by atoms with Gasteiger partial charge in [0.05, 0.1) is 30.8 Å². The summed E-state index contributed by atoms with van der Waals surface area (Å²) in [5.41, 5.74) is -1.80. The fraction of sp³-hybridized carbons (Fsp3) is 0.921. The fourth-order valence-corrected chi connectivity index (χ4v) is 12.0. The van der Waals surface area contributed by atoms with E-state index < -0.39 is 129 Å². The first-order chi connectivity index (χ1) is 26.4. The Morgan fingerprint density at radius 2 is 1.21 bits per heavy atom. The van der Waals surface area contributed by atoms with E-state index in [9.17, 15) is 61.0 Å². The third-order valence-electron chi connectivity index (χ3n) is 15.0. The van der Waals surface area contributed by atoms with Gasteiger partial charge in [0.25, 0.3) is 0 Å². The molecule has 7 rings (SSSR count). The highest BCUT2D eigenvalue weighted by Crippen LogP contribution is 2.73. The van der Waals surface area contributed by atoms with Crippen molar-refractivity contribution in [1.82, 2.24) is 0 Å². The van der Waals surface area contributed by atoms with Crippen LogP contribution in [0.4, 0.5) is 0 Å². The molecule has 0 aromatic carbocycles. The van der Waals surface area contributed by atoms with Gasteiger partial charge in [0, 0.05) is 0 Å². The highest BCUT2D eigenvalue weighted by atomic mass is 16.8. The number of ether oxygens (including phenoxy) is 6. The number of fused-ring (bicyclic) bond motifs is 3. The van der Waals surface area contributed by atoms with Gasteiger partial charge in [-0.15, -0.1) is 0 Å². The molecule has 0 unspecified atom stereocenters. The zero-order valence-electron chi connectivity index (χ0n) is 31.8. The van der Waals surface area contributed by atoms with Crippen LogP contribution in [0.5, 0.6) is 0 Å². The van der Waals surface area contributed by atoms with Crippen molar-refractivity contribution >= 4 is 5.97 Å². The Morgan fingerprint density at radius 3 is 1.82 bits per heavy atom. The normalized spacial score (nSPS) is 54.6. The molecule has 4 saturated carbocycles. The van der Waals surface area contributed by atoms with Crippen molar-refractivity contribution in [2.45, 2.75) is 169 Å². The van der Waals surface area contributed by atoms with Gasteiger partial charge in [-0.1, -0.05) is 19.9 Å². The molecule has 1 spiro atoms. The summed E-state index contributed by atoms with van der Waals surface area (Å²) in [5.74, 6) is -0.591. The Morgan fingerprint density at radius 1 is 0.679 bits per heavy atom. The minimum atomic E-state index is -1.81. The van der Waals surface area contributed by atoms with Gasteiger partial charge < -0.3 is 84.6 Å². The van der Waals surface area contributed by atoms with Crippen molar-refractivity contribution in [2.24, 2.45) is 28.1 Å². The van der Waals surface area contributed by atoms with Crippen LogP contribution in [0.1, 0.15) is 71.6 Å². The number of rotatable bonds is 9. The van der Waals surface area contributed by atoms with Gasteiger partial charge in [0.1, 0.15) is 73.2 Å². The lowest BCUT2D eigenvalue weighted by Gasteiger charge is -2.64. The molecule has 7 aliphatic rings. The first kappa shape index (κ1) is 42.7. The second-order valence-electron chi connectivity index (χ2n) is 18.0. The predicted octanol–water partition coefficient (Wildman–Crippen LogP) is -2.94. The van der Waals surface area contributed by atoms with E-state index >= 15 is 0 Å². The number of hydrogen-bond donors (Lipinski definition) is 11. The van der Waals surface area contributed by atoms with Crippen LogP contribution in [0.15, 0.2) is 12.2 Å². The predicted molar refractivity (Wildman–Crippen MR) is 186 cm³/mol. The third-order valence-corrected chi connectivity index (χ3v) is 15.0. The maximum atomic E-state index is 14.1. The van der Waals surface area contributed by atoms with Crippen LogP contribution >= 0.6 is 0 Å². The zero-order valence-corrected chi connectivity index (χ0v) is 31.8. The van der Waals surface area contributed by atoms with Crippen molar-refractivity contribution in [1.29, 1.82) is 0 Å². The van der Waals surface area contributed by atoms with E-state index in [2.05, 4.69) is 13.5 Å². The highest BCUT2D eigenvalue weighted by Gasteiger charge is 2.69. The average Bonchev–Trinajstić information content (AvgIpc) is 3.37. The van der Waals surface area contributed by atoms with Gasteiger partial charge in [-0.25, -0.2) is 0 Å². The first-order valence-corrected chi connectivity index (χ1v) is 19.9. The van der Waals surface area contributed by atoms with Crippen molar-refractivity contribution in [3.63, 3.8) is 0 Å². The van der Waals surface area contributed by atoms with Gasteiger partial charge in [-0.2, -0.15) is 0 Å². The third kappa shape index (κ3) is 6.69. The van der Waals surface area contributed by atoms with E-state index in [1.807, 2.05) is 6.92 Å². The number of esters is 1. The lowest BCUT2D eigenvalue weighted by molar-refractivity contribution is -0.378. The second-order valence-corrected chi connectivity index (χ2v) is 18.0. The highest BCUT2D eigenvalue weighted by molar-refractivity contribution is 5.77. The molecule has 320 valence electrons. The smallest absolute Gasteiger partial charge is 0.314 e. The first-order valence-electron chi connectivity index (χ1n) is 19.9. The summed E-state index contributed by atoms with van der Waals surface area (Å²) in [4.78, 5) is 14.1. The molecule has 7 fully saturated rings. The molecule has 18 nitrogen and oxygen atoms in total. The largest absolute Gasteiger partial charge is 0.432 e. The van der Waals surface area contributed by atoms with Crippen molar-refractivity contribution in [3.8, 4) is 0 Å². The summed E-state index contributed by atoms with van der Waals surface area (Å²) >= 11 is 0. The SMILES string of the molecule is C=C1C[C@@]23CC[C@@H]4[C@@](C)(CCC[C@@]4(C)C(=O)O[C@H]4O[C@@H](CO)[C@H](O)[C@@H](O)[C@@H]4O)[C@@H]2CC[C@]1(O[C@@H]1O[C@H](CO)[C@@H](O)[C@H](O)[C@@H]1O[C@@H]1O[C@H](CO)[C@H](O)[C@H](O)[C@@H]1O)C3. The molecular formula is C38H60O18. The van der Waals surface area contributed by atoms with Crippen LogP contribution < -0.4 is 0 Å². The van der Waals surface area contributed by atoms with E-state index in [4.69, 9.17) is 28.4 Å². The van der Waals surface area contributed by atoms with Crippen LogP contribution in [0.25, 0.3) is 0 Å². The summed E-state index contributed by atoms with van der Waals surface area (Å²) in [6.45, 7) is 6.52. The fourth-order valence-electron chi connectivity index (χ4n) is 12.0. The molecule has 0 amide bonds. The number of carbonyl (C=O) groups excluding carboxylic acids is 1. The molecule has 3 aliphatic heterocycles. The molecule has 3 heterocycles. The molecule has 21 atom stereocenters. The summed E-state index contributed by atoms with van der Waals surface area (Å²) in [5, 5.41) is 114. The maximum absolute atomic E-state index is 14.1. The van der Waals surface area contributed by atoms with E-state index in [-0.39, 0.29) is 22.7 Å². The summed E-state index contributed by atoms with van der Waals surface area (Å²) < 4.78 is 35.6. The van der Waals surface area contributed by atoms with Gasteiger partial charge in [-0.3, -0.25) is 4.79 Å². The molecule has 4 aliphatic carbocycles. The van der Waals surface area contributed by atoms with Crippen LogP contribution in [0.3, 0.4) is 0 Å². The molecular weight excluding hydrogens is 744 g/mol. The number of aliphatic hydroxyl groups is 11. The monoisotopic (exact) mass is 804 g/mol. The molecule has 2 bridgehead atoms. The summed E-state index contributed by atoms with van der Waals surface area (Å²) in [6.07, 6.45) is -17.8. The molecule has 3 saturated heterocycles. The minimum absolute atomic E-state index is 0.121. The Labute approximate surface area is 324 Å². The Hall–Kier alpha value is -1.43. The van der Waals surface area contributed by atoms with Crippen LogP contribution in [0, 0.1) is 28.1 Å². The topological polar surface area (TPSA) is 295 Å². The van der Waals surface area contributed by atoms with Crippen molar-refractivity contribution < 1.29 is 89.4 Å².